The Morgan fingerprint density at radius 2 is 2.05 bits per heavy atom. The van der Waals surface area contributed by atoms with Crippen LogP contribution in [0.3, 0.4) is 0 Å². The van der Waals surface area contributed by atoms with Gasteiger partial charge in [0.05, 0.1) is 21.6 Å². The van der Waals surface area contributed by atoms with Crippen LogP contribution in [0, 0.1) is 16.0 Å². The third kappa shape index (κ3) is 4.75. The second-order valence-electron chi connectivity index (χ2n) is 4.14. The molecule has 1 aromatic rings. The van der Waals surface area contributed by atoms with Crippen molar-refractivity contribution in [2.75, 3.05) is 12.4 Å². The molecule has 0 heterocycles. The van der Waals surface area contributed by atoms with Crippen molar-refractivity contribution >= 4 is 41.5 Å². The minimum absolute atomic E-state index is 0.139. The lowest BCUT2D eigenvalue weighted by Gasteiger charge is -2.15. The van der Waals surface area contributed by atoms with E-state index in [0.29, 0.717) is 12.4 Å². The first-order valence-electron chi connectivity index (χ1n) is 5.86. The fourth-order valence-electron chi connectivity index (χ4n) is 1.62. The Labute approximate surface area is 127 Å². The van der Waals surface area contributed by atoms with E-state index in [2.05, 4.69) is 19.6 Å². The monoisotopic (exact) mass is 323 g/mol. The summed E-state index contributed by atoms with van der Waals surface area (Å²) >= 11 is 15.9. The molecule has 106 valence electrons. The van der Waals surface area contributed by atoms with Gasteiger partial charge in [-0.1, -0.05) is 36.5 Å². The molecule has 1 rings (SSSR count). The van der Waals surface area contributed by atoms with Crippen molar-refractivity contribution in [3.8, 4) is 5.75 Å². The highest BCUT2D eigenvalue weighted by Crippen LogP contribution is 2.35. The Bertz CT molecular complexity index is 457. The minimum atomic E-state index is -0.535. The number of hydrogen-bond acceptors (Lipinski definition) is 4. The Kier molecular flexibility index (Phi) is 6.75. The van der Waals surface area contributed by atoms with E-state index in [9.17, 15) is 10.1 Å². The first-order chi connectivity index (χ1) is 8.99. The van der Waals surface area contributed by atoms with Crippen molar-refractivity contribution in [1.29, 1.82) is 0 Å². The standard InChI is InChI=1S/C12H15Cl2NO3S/c1-2-3-8(7-19)6-18-12-5-10(14)9(13)4-11(12)15(16)17/h4-5,8,19H,2-3,6-7H2,1H3. The van der Waals surface area contributed by atoms with Crippen LogP contribution in [0.15, 0.2) is 12.1 Å². The van der Waals surface area contributed by atoms with Crippen molar-refractivity contribution < 1.29 is 9.66 Å². The molecule has 0 spiro atoms. The van der Waals surface area contributed by atoms with Crippen LogP contribution in [0.5, 0.6) is 5.75 Å². The fraction of sp³-hybridized carbons (Fsp3) is 0.500. The Hall–Kier alpha value is -0.650. The Balaban J connectivity index is 2.87. The smallest absolute Gasteiger partial charge is 0.312 e. The molecule has 1 aromatic carbocycles. The largest absolute Gasteiger partial charge is 0.486 e. The number of halogens is 2. The fourth-order valence-corrected chi connectivity index (χ4v) is 2.22. The highest BCUT2D eigenvalue weighted by molar-refractivity contribution is 7.80. The number of benzene rings is 1. The maximum Gasteiger partial charge on any atom is 0.312 e. The zero-order valence-electron chi connectivity index (χ0n) is 10.4. The summed E-state index contributed by atoms with van der Waals surface area (Å²) < 4.78 is 5.51. The predicted molar refractivity (Wildman–Crippen MR) is 80.9 cm³/mol. The summed E-state index contributed by atoms with van der Waals surface area (Å²) in [6.45, 7) is 2.44. The van der Waals surface area contributed by atoms with Crippen LogP contribution in [-0.4, -0.2) is 17.3 Å². The first-order valence-corrected chi connectivity index (χ1v) is 7.25. The normalized spacial score (nSPS) is 12.2. The van der Waals surface area contributed by atoms with Crippen LogP contribution in [0.1, 0.15) is 19.8 Å². The van der Waals surface area contributed by atoms with Gasteiger partial charge in [-0.25, -0.2) is 0 Å². The minimum Gasteiger partial charge on any atom is -0.486 e. The maximum absolute atomic E-state index is 10.9. The number of rotatable bonds is 7. The van der Waals surface area contributed by atoms with Crippen LogP contribution in [-0.2, 0) is 0 Å². The molecule has 0 radical (unpaired) electrons. The van der Waals surface area contributed by atoms with E-state index >= 15 is 0 Å². The zero-order valence-corrected chi connectivity index (χ0v) is 12.8. The van der Waals surface area contributed by atoms with E-state index in [4.69, 9.17) is 27.9 Å². The molecule has 0 aliphatic rings. The van der Waals surface area contributed by atoms with E-state index in [1.807, 2.05) is 0 Å². The van der Waals surface area contributed by atoms with Gasteiger partial charge < -0.3 is 4.74 Å². The molecular formula is C12H15Cl2NO3S. The van der Waals surface area contributed by atoms with E-state index in [1.54, 1.807) is 0 Å². The van der Waals surface area contributed by atoms with E-state index in [0.717, 1.165) is 12.8 Å². The lowest BCUT2D eigenvalue weighted by atomic mass is 10.1. The van der Waals surface area contributed by atoms with Gasteiger partial charge in [0.25, 0.3) is 0 Å². The molecule has 0 fully saturated rings. The Morgan fingerprint density at radius 3 is 2.58 bits per heavy atom. The second-order valence-corrected chi connectivity index (χ2v) is 5.32. The lowest BCUT2D eigenvalue weighted by Crippen LogP contribution is -2.14. The molecule has 1 atom stereocenters. The first kappa shape index (κ1) is 16.4. The molecule has 19 heavy (non-hydrogen) atoms. The summed E-state index contributed by atoms with van der Waals surface area (Å²) in [5.41, 5.74) is -0.177. The summed E-state index contributed by atoms with van der Waals surface area (Å²) in [5, 5.41) is 11.3. The van der Waals surface area contributed by atoms with Gasteiger partial charge in [0.2, 0.25) is 0 Å². The topological polar surface area (TPSA) is 52.4 Å². The molecule has 0 aromatic heterocycles. The van der Waals surface area contributed by atoms with Gasteiger partial charge >= 0.3 is 5.69 Å². The van der Waals surface area contributed by atoms with Crippen LogP contribution < -0.4 is 4.74 Å². The van der Waals surface area contributed by atoms with Crippen molar-refractivity contribution in [2.45, 2.75) is 19.8 Å². The van der Waals surface area contributed by atoms with E-state index in [1.165, 1.54) is 12.1 Å². The number of nitrogens with zero attached hydrogens (tertiary/aromatic N) is 1. The third-order valence-electron chi connectivity index (χ3n) is 2.63. The molecule has 0 saturated carbocycles. The highest BCUT2D eigenvalue weighted by Gasteiger charge is 2.19. The summed E-state index contributed by atoms with van der Waals surface area (Å²) in [4.78, 5) is 10.4. The number of ether oxygens (including phenoxy) is 1. The quantitative estimate of drug-likeness (QED) is 0.452. The van der Waals surface area contributed by atoms with Crippen LogP contribution in [0.2, 0.25) is 10.0 Å². The molecule has 0 saturated heterocycles. The Morgan fingerprint density at radius 1 is 1.42 bits per heavy atom. The summed E-state index contributed by atoms with van der Waals surface area (Å²) in [5.74, 6) is 1.06. The van der Waals surface area contributed by atoms with Gasteiger partial charge in [0.15, 0.2) is 5.75 Å². The molecule has 0 amide bonds. The number of thiol groups is 1. The van der Waals surface area contributed by atoms with Gasteiger partial charge in [-0.2, -0.15) is 12.6 Å². The predicted octanol–water partition coefficient (Wildman–Crippen LogP) is 4.63. The molecule has 0 N–H and O–H groups in total. The average Bonchev–Trinajstić information content (AvgIpc) is 2.37. The van der Waals surface area contributed by atoms with Gasteiger partial charge in [0.1, 0.15) is 0 Å². The maximum atomic E-state index is 10.9. The SMILES string of the molecule is CCCC(CS)COc1cc(Cl)c(Cl)cc1[N+](=O)[O-]. The van der Waals surface area contributed by atoms with Gasteiger partial charge in [0, 0.05) is 18.1 Å². The third-order valence-corrected chi connectivity index (χ3v) is 3.87. The second kappa shape index (κ2) is 7.82. The number of hydrogen-bond donors (Lipinski definition) is 1. The summed E-state index contributed by atoms with van der Waals surface area (Å²) in [7, 11) is 0. The molecular weight excluding hydrogens is 309 g/mol. The van der Waals surface area contributed by atoms with E-state index < -0.39 is 4.92 Å². The molecule has 4 nitrogen and oxygen atoms in total. The van der Waals surface area contributed by atoms with Gasteiger partial charge in [-0.15, -0.1) is 0 Å². The number of nitro groups is 1. The van der Waals surface area contributed by atoms with Crippen molar-refractivity contribution in [2.24, 2.45) is 5.92 Å². The van der Waals surface area contributed by atoms with Crippen molar-refractivity contribution in [3.63, 3.8) is 0 Å². The van der Waals surface area contributed by atoms with Gasteiger partial charge in [-0.3, -0.25) is 10.1 Å². The highest BCUT2D eigenvalue weighted by atomic mass is 35.5. The van der Waals surface area contributed by atoms with E-state index in [-0.39, 0.29) is 27.4 Å². The summed E-state index contributed by atoms with van der Waals surface area (Å²) in [6.07, 6.45) is 1.97. The molecule has 7 heteroatoms. The number of nitro benzene ring substituents is 1. The van der Waals surface area contributed by atoms with Crippen LogP contribution in [0.25, 0.3) is 0 Å². The van der Waals surface area contributed by atoms with Gasteiger partial charge in [-0.05, 0) is 12.2 Å². The molecule has 1 unspecified atom stereocenters. The average molecular weight is 324 g/mol. The summed E-state index contributed by atoms with van der Waals surface area (Å²) in [6, 6.07) is 2.58. The molecule has 0 aliphatic heterocycles. The molecule has 0 bridgehead atoms. The lowest BCUT2D eigenvalue weighted by molar-refractivity contribution is -0.385. The van der Waals surface area contributed by atoms with Crippen molar-refractivity contribution in [1.82, 2.24) is 0 Å². The zero-order chi connectivity index (χ0) is 14.4. The van der Waals surface area contributed by atoms with Crippen LogP contribution >= 0.6 is 35.8 Å². The molecule has 0 aliphatic carbocycles. The van der Waals surface area contributed by atoms with Crippen molar-refractivity contribution in [3.05, 3.63) is 32.3 Å². The van der Waals surface area contributed by atoms with Crippen LogP contribution in [0.4, 0.5) is 5.69 Å².